The van der Waals surface area contributed by atoms with Crippen LogP contribution in [0.1, 0.15) is 0 Å². The van der Waals surface area contributed by atoms with Crippen molar-refractivity contribution in [2.24, 2.45) is 0 Å². The van der Waals surface area contributed by atoms with Crippen molar-refractivity contribution in [2.45, 2.75) is 0 Å². The second-order valence-electron chi connectivity index (χ2n) is 0. The van der Waals surface area contributed by atoms with Crippen LogP contribution in [-0.2, 0) is 19.5 Å². The van der Waals surface area contributed by atoms with Gasteiger partial charge in [0.1, 0.15) is 0 Å². The second-order valence-corrected chi connectivity index (χ2v) is 0. The predicted octanol–water partition coefficient (Wildman–Crippen LogP) is -1.78. The van der Waals surface area contributed by atoms with Crippen molar-refractivity contribution in [3.05, 3.63) is 0 Å². The van der Waals surface area contributed by atoms with Gasteiger partial charge in [-0.2, -0.15) is 9.90 Å². The SMILES string of the molecule is P.[AlH].[La].[SiH3].[Zn]. The molecule has 0 nitrogen and oxygen atoms in total. The summed E-state index contributed by atoms with van der Waals surface area (Å²) in [6.07, 6.45) is 0. The van der Waals surface area contributed by atoms with Gasteiger partial charge in [-0.3, -0.25) is 0 Å². The van der Waals surface area contributed by atoms with Crippen molar-refractivity contribution in [2.75, 3.05) is 0 Å². The molecule has 0 rings (SSSR count). The quantitative estimate of drug-likeness (QED) is 0.366. The van der Waals surface area contributed by atoms with E-state index < -0.39 is 0 Å². The average molecular weight is 297 g/mol. The van der Waals surface area contributed by atoms with Gasteiger partial charge in [-0.05, 0) is 11.0 Å². The first-order chi connectivity index (χ1) is 0. The molecule has 0 spiro atoms. The maximum Gasteiger partial charge on any atom is 0.0854 e. The minimum absolute atomic E-state index is 0. The summed E-state index contributed by atoms with van der Waals surface area (Å²) in [5.74, 6) is 0. The third kappa shape index (κ3) is 19.5. The largest absolute Gasteiger partial charge is 0.153 e. The first-order valence-corrected chi connectivity index (χ1v) is 0. The van der Waals surface area contributed by atoms with E-state index in [0.717, 1.165) is 0 Å². The van der Waals surface area contributed by atoms with E-state index in [2.05, 4.69) is 0 Å². The minimum atomic E-state index is 0. The van der Waals surface area contributed by atoms with Gasteiger partial charge in [0.05, 0.1) is 17.4 Å². The Kier molecular flexibility index (Phi) is 244. The van der Waals surface area contributed by atoms with E-state index in [4.69, 9.17) is 0 Å². The van der Waals surface area contributed by atoms with Gasteiger partial charge in [0.15, 0.2) is 0 Å². The molecule has 1 atom stereocenters. The van der Waals surface area contributed by atoms with Crippen LogP contribution in [0.4, 0.5) is 0 Å². The Morgan fingerprint density at radius 1 is 1.00 bits per heavy atom. The van der Waals surface area contributed by atoms with Gasteiger partial charge in [-0.15, -0.1) is 0 Å². The molecule has 1 unspecified atom stereocenters. The second kappa shape index (κ2) is 28.0. The monoisotopic (exact) mass is 296 g/mol. The zero-order valence-corrected chi connectivity index (χ0v) is 15.1. The van der Waals surface area contributed by atoms with Gasteiger partial charge >= 0.3 is 0 Å². The third-order valence-corrected chi connectivity index (χ3v) is 0. The molecule has 0 N–H and O–H groups in total. The molecular formula is H7AlLaPSiZn. The molecule has 24 valence electrons. The zero-order chi connectivity index (χ0) is 0. The molecular weight excluding hydrogens is 290 g/mol. The molecule has 0 fully saturated rings. The first-order valence-electron chi connectivity index (χ1n) is 0. The van der Waals surface area contributed by atoms with Crippen LogP contribution in [0.5, 0.6) is 0 Å². The van der Waals surface area contributed by atoms with Crippen molar-refractivity contribution in [1.29, 1.82) is 0 Å². The molecule has 5 heavy (non-hydrogen) atoms. The summed E-state index contributed by atoms with van der Waals surface area (Å²) in [6, 6.07) is 0. The normalized spacial score (nSPS) is 0. The summed E-state index contributed by atoms with van der Waals surface area (Å²) in [7, 11) is 0. The van der Waals surface area contributed by atoms with Gasteiger partial charge in [-0.1, -0.05) is 0 Å². The molecule has 0 aromatic rings. The van der Waals surface area contributed by atoms with Crippen LogP contribution in [0.2, 0.25) is 0 Å². The van der Waals surface area contributed by atoms with Crippen molar-refractivity contribution < 1.29 is 55.1 Å². The van der Waals surface area contributed by atoms with E-state index >= 15 is 0 Å². The van der Waals surface area contributed by atoms with Crippen LogP contribution in [-0.4, -0.2) is 28.3 Å². The molecule has 0 saturated heterocycles. The molecule has 0 bridgehead atoms. The van der Waals surface area contributed by atoms with E-state index in [1.165, 1.54) is 0 Å². The predicted molar refractivity (Wildman–Crippen MR) is 28.2 cm³/mol. The summed E-state index contributed by atoms with van der Waals surface area (Å²) in [4.78, 5) is 0. The summed E-state index contributed by atoms with van der Waals surface area (Å²) in [5.41, 5.74) is 0. The Labute approximate surface area is 91.8 Å². The summed E-state index contributed by atoms with van der Waals surface area (Å²) >= 11 is 0. The van der Waals surface area contributed by atoms with Gasteiger partial charge in [0.2, 0.25) is 0 Å². The van der Waals surface area contributed by atoms with Gasteiger partial charge < -0.3 is 0 Å². The molecule has 4 radical (unpaired) electrons. The number of hydrogen-bond donors (Lipinski definition) is 0. The van der Waals surface area contributed by atoms with Crippen LogP contribution in [0, 0.1) is 35.6 Å². The Morgan fingerprint density at radius 2 is 1.00 bits per heavy atom. The molecule has 5 heteroatoms. The van der Waals surface area contributed by atoms with Crippen LogP contribution in [0.25, 0.3) is 0 Å². The first kappa shape index (κ1) is 43.6. The molecule has 0 aromatic carbocycles. The molecule has 0 heterocycles. The number of rotatable bonds is 0. The maximum absolute atomic E-state index is 0. The van der Waals surface area contributed by atoms with E-state index in [0.29, 0.717) is 0 Å². The van der Waals surface area contributed by atoms with Crippen LogP contribution >= 0.6 is 9.90 Å². The van der Waals surface area contributed by atoms with Crippen LogP contribution in [0.3, 0.4) is 0 Å². The van der Waals surface area contributed by atoms with Gasteiger partial charge in [0.25, 0.3) is 0 Å². The molecule has 0 amide bonds. The van der Waals surface area contributed by atoms with Crippen molar-refractivity contribution in [1.82, 2.24) is 0 Å². The summed E-state index contributed by atoms with van der Waals surface area (Å²) < 4.78 is 0. The summed E-state index contributed by atoms with van der Waals surface area (Å²) in [5, 5.41) is 0. The van der Waals surface area contributed by atoms with Crippen LogP contribution < -0.4 is 0 Å². The van der Waals surface area contributed by atoms with Crippen molar-refractivity contribution in [3.63, 3.8) is 0 Å². The smallest absolute Gasteiger partial charge is 0.0854 e. The topological polar surface area (TPSA) is 0 Å². The van der Waals surface area contributed by atoms with E-state index in [1.54, 1.807) is 0 Å². The molecule has 0 saturated carbocycles. The van der Waals surface area contributed by atoms with Crippen molar-refractivity contribution in [3.8, 4) is 0 Å². The van der Waals surface area contributed by atoms with Crippen LogP contribution in [0.15, 0.2) is 0 Å². The Morgan fingerprint density at radius 3 is 1.00 bits per heavy atom. The van der Waals surface area contributed by atoms with E-state index in [1.807, 2.05) is 0 Å². The fourth-order valence-corrected chi connectivity index (χ4v) is 0. The average Bonchev–Trinajstić information content (AvgIpc) is 0. The third-order valence-electron chi connectivity index (χ3n) is 0. The fourth-order valence-electron chi connectivity index (χ4n) is 0. The van der Waals surface area contributed by atoms with Crippen molar-refractivity contribution >= 4 is 38.2 Å². The fraction of sp³-hybridized carbons (Fsp3) is 0. The molecule has 0 aliphatic heterocycles. The van der Waals surface area contributed by atoms with E-state index in [9.17, 15) is 0 Å². The molecule has 0 aliphatic rings. The van der Waals surface area contributed by atoms with Gasteiger partial charge in [0, 0.05) is 55.1 Å². The zero-order valence-electron chi connectivity index (χ0n) is 3.70. The minimum Gasteiger partial charge on any atom is -0.153 e. The maximum atomic E-state index is 0. The Hall–Kier alpha value is 3.00. The molecule has 0 aromatic heterocycles. The standard InChI is InChI=1S/Al.La.H3P.H3Si.Zn.H/h;;2*1H3;;. The number of hydrogen-bond acceptors (Lipinski definition) is 0. The van der Waals surface area contributed by atoms with E-state index in [-0.39, 0.29) is 93.3 Å². The Bertz CT molecular complexity index is 11.6. The van der Waals surface area contributed by atoms with Gasteiger partial charge in [-0.25, -0.2) is 0 Å². The molecule has 0 aliphatic carbocycles. The summed E-state index contributed by atoms with van der Waals surface area (Å²) in [6.45, 7) is 0. The Balaban J connectivity index is 0.